The monoisotopic (exact) mass is 232 g/mol. The molecule has 1 fully saturated rings. The highest BCUT2D eigenvalue weighted by atomic mass is 16.4. The lowest BCUT2D eigenvalue weighted by Gasteiger charge is -2.03. The molecule has 0 radical (unpaired) electrons. The molecule has 17 heavy (non-hydrogen) atoms. The van der Waals surface area contributed by atoms with Crippen molar-refractivity contribution < 1.29 is 9.21 Å². The molecule has 0 unspecified atom stereocenters. The third-order valence-electron chi connectivity index (χ3n) is 2.82. The summed E-state index contributed by atoms with van der Waals surface area (Å²) in [6.45, 7) is 0.0202. The number of rotatable bonds is 3. The van der Waals surface area contributed by atoms with Crippen LogP contribution in [0.1, 0.15) is 12.8 Å². The van der Waals surface area contributed by atoms with Crippen LogP contribution in [0.4, 0.5) is 0 Å². The summed E-state index contributed by atoms with van der Waals surface area (Å²) < 4.78 is 6.40. The highest BCUT2D eigenvalue weighted by Crippen LogP contribution is 2.18. The van der Waals surface area contributed by atoms with E-state index >= 15 is 0 Å². The molecule has 5 heteroatoms. The molecule has 2 aromatic rings. The molecule has 1 aliphatic carbocycles. The summed E-state index contributed by atoms with van der Waals surface area (Å²) in [6, 6.07) is 7.39. The standard InChI is InChI=1S/C12H12N2O3/c15-11(13-8-5-6-8)7-14-9-3-1-2-4-10(9)17-12(14)16/h1-4,8H,5-7H2,(H,13,15). The average Bonchev–Trinajstić information content (AvgIpc) is 3.05. The van der Waals surface area contributed by atoms with Gasteiger partial charge in [0, 0.05) is 6.04 Å². The second-order valence-electron chi connectivity index (χ2n) is 4.26. The second-order valence-corrected chi connectivity index (χ2v) is 4.26. The Bertz CT molecular complexity index is 622. The summed E-state index contributed by atoms with van der Waals surface area (Å²) in [7, 11) is 0. The minimum absolute atomic E-state index is 0.0202. The highest BCUT2D eigenvalue weighted by Gasteiger charge is 2.23. The van der Waals surface area contributed by atoms with Crippen molar-refractivity contribution in [3.8, 4) is 0 Å². The van der Waals surface area contributed by atoms with Crippen molar-refractivity contribution in [2.75, 3.05) is 0 Å². The van der Waals surface area contributed by atoms with Gasteiger partial charge in [0.1, 0.15) is 6.54 Å². The van der Waals surface area contributed by atoms with Crippen LogP contribution in [0.5, 0.6) is 0 Å². The van der Waals surface area contributed by atoms with E-state index in [1.165, 1.54) is 4.57 Å². The van der Waals surface area contributed by atoms with Crippen LogP contribution >= 0.6 is 0 Å². The van der Waals surface area contributed by atoms with Crippen LogP contribution in [-0.2, 0) is 11.3 Å². The molecule has 1 N–H and O–H groups in total. The van der Waals surface area contributed by atoms with Crippen LogP contribution in [0.25, 0.3) is 11.1 Å². The summed E-state index contributed by atoms with van der Waals surface area (Å²) in [5.74, 6) is -0.627. The van der Waals surface area contributed by atoms with Crippen LogP contribution in [0, 0.1) is 0 Å². The third kappa shape index (κ3) is 1.95. The molecular weight excluding hydrogens is 220 g/mol. The van der Waals surface area contributed by atoms with Crippen LogP contribution in [0.3, 0.4) is 0 Å². The number of nitrogens with one attached hydrogen (secondary N) is 1. The topological polar surface area (TPSA) is 64.2 Å². The maximum atomic E-state index is 11.6. The number of nitrogens with zero attached hydrogens (tertiary/aromatic N) is 1. The first-order chi connectivity index (χ1) is 8.24. The van der Waals surface area contributed by atoms with E-state index in [9.17, 15) is 9.59 Å². The summed E-state index contributed by atoms with van der Waals surface area (Å²) in [4.78, 5) is 23.2. The number of para-hydroxylation sites is 2. The van der Waals surface area contributed by atoms with Crippen LogP contribution in [0.15, 0.2) is 33.5 Å². The van der Waals surface area contributed by atoms with Crippen molar-refractivity contribution in [2.45, 2.75) is 25.4 Å². The molecule has 0 spiro atoms. The quantitative estimate of drug-likeness (QED) is 0.854. The van der Waals surface area contributed by atoms with Gasteiger partial charge in [0.25, 0.3) is 0 Å². The average molecular weight is 232 g/mol. The second kappa shape index (κ2) is 3.76. The number of amides is 1. The number of hydrogen-bond acceptors (Lipinski definition) is 3. The fourth-order valence-corrected chi connectivity index (χ4v) is 1.81. The van der Waals surface area contributed by atoms with E-state index in [1.807, 2.05) is 6.07 Å². The maximum absolute atomic E-state index is 11.6. The summed E-state index contributed by atoms with van der Waals surface area (Å²) in [5.41, 5.74) is 1.17. The van der Waals surface area contributed by atoms with Crippen molar-refractivity contribution >= 4 is 17.0 Å². The fraction of sp³-hybridized carbons (Fsp3) is 0.333. The number of hydrogen-bond donors (Lipinski definition) is 1. The van der Waals surface area contributed by atoms with Crippen LogP contribution < -0.4 is 11.1 Å². The number of aromatic nitrogens is 1. The van der Waals surface area contributed by atoms with E-state index in [4.69, 9.17) is 4.42 Å². The first-order valence-electron chi connectivity index (χ1n) is 5.62. The first-order valence-corrected chi connectivity index (χ1v) is 5.62. The molecule has 1 aromatic heterocycles. The molecular formula is C12H12N2O3. The summed E-state index contributed by atoms with van der Waals surface area (Å²) in [5, 5.41) is 2.84. The Hall–Kier alpha value is -2.04. The van der Waals surface area contributed by atoms with Gasteiger partial charge in [0.2, 0.25) is 5.91 Å². The van der Waals surface area contributed by atoms with Gasteiger partial charge >= 0.3 is 5.76 Å². The van der Waals surface area contributed by atoms with Gasteiger partial charge in [0.15, 0.2) is 5.58 Å². The molecule has 3 rings (SSSR count). The molecule has 1 saturated carbocycles. The molecule has 88 valence electrons. The molecule has 1 amide bonds. The largest absolute Gasteiger partial charge is 0.420 e. The van der Waals surface area contributed by atoms with Crippen molar-refractivity contribution in [2.24, 2.45) is 0 Å². The van der Waals surface area contributed by atoms with Gasteiger partial charge in [0.05, 0.1) is 5.52 Å². The lowest BCUT2D eigenvalue weighted by molar-refractivity contribution is -0.121. The SMILES string of the molecule is O=C(Cn1c(=O)oc2ccccc21)NC1CC1. The van der Waals surface area contributed by atoms with Gasteiger partial charge < -0.3 is 9.73 Å². The Morgan fingerprint density at radius 2 is 2.18 bits per heavy atom. The van der Waals surface area contributed by atoms with Gasteiger partial charge in [-0.15, -0.1) is 0 Å². The molecule has 0 bridgehead atoms. The fourth-order valence-electron chi connectivity index (χ4n) is 1.81. The zero-order valence-electron chi connectivity index (χ0n) is 9.18. The lowest BCUT2D eigenvalue weighted by atomic mass is 10.3. The molecule has 0 saturated heterocycles. The number of carbonyl (C=O) groups excluding carboxylic acids is 1. The Labute approximate surface area is 97.0 Å². The molecule has 5 nitrogen and oxygen atoms in total. The molecule has 0 atom stereocenters. The zero-order chi connectivity index (χ0) is 11.8. The minimum atomic E-state index is -0.489. The molecule has 1 heterocycles. The predicted octanol–water partition coefficient (Wildman–Crippen LogP) is 0.873. The van der Waals surface area contributed by atoms with Gasteiger partial charge in [-0.1, -0.05) is 12.1 Å². The Morgan fingerprint density at radius 1 is 1.41 bits per heavy atom. The van der Waals surface area contributed by atoms with Gasteiger partial charge in [-0.3, -0.25) is 9.36 Å². The van der Waals surface area contributed by atoms with Gasteiger partial charge in [-0.05, 0) is 25.0 Å². The van der Waals surface area contributed by atoms with E-state index < -0.39 is 5.76 Å². The van der Waals surface area contributed by atoms with E-state index in [1.54, 1.807) is 18.2 Å². The van der Waals surface area contributed by atoms with Crippen LogP contribution in [0.2, 0.25) is 0 Å². The number of carbonyl (C=O) groups is 1. The summed E-state index contributed by atoms with van der Waals surface area (Å²) in [6.07, 6.45) is 2.07. The predicted molar refractivity (Wildman–Crippen MR) is 61.6 cm³/mol. The van der Waals surface area contributed by atoms with Gasteiger partial charge in [-0.2, -0.15) is 0 Å². The van der Waals surface area contributed by atoms with Gasteiger partial charge in [-0.25, -0.2) is 4.79 Å². The minimum Gasteiger partial charge on any atom is -0.408 e. The van der Waals surface area contributed by atoms with Crippen molar-refractivity contribution in [3.63, 3.8) is 0 Å². The highest BCUT2D eigenvalue weighted by molar-refractivity contribution is 5.79. The molecule has 0 aliphatic heterocycles. The molecule has 1 aliphatic rings. The van der Waals surface area contributed by atoms with E-state index in [0.29, 0.717) is 17.1 Å². The Morgan fingerprint density at radius 3 is 2.94 bits per heavy atom. The van der Waals surface area contributed by atoms with Crippen molar-refractivity contribution in [1.82, 2.24) is 9.88 Å². The third-order valence-corrected chi connectivity index (χ3v) is 2.82. The smallest absolute Gasteiger partial charge is 0.408 e. The first kappa shape index (κ1) is 10.1. The Balaban J connectivity index is 1.90. The Kier molecular flexibility index (Phi) is 2.24. The van der Waals surface area contributed by atoms with E-state index in [2.05, 4.69) is 5.32 Å². The lowest BCUT2D eigenvalue weighted by Crippen LogP contribution is -2.32. The van der Waals surface area contributed by atoms with E-state index in [0.717, 1.165) is 12.8 Å². The number of oxazole rings is 1. The maximum Gasteiger partial charge on any atom is 0.420 e. The number of benzene rings is 1. The van der Waals surface area contributed by atoms with Crippen molar-refractivity contribution in [3.05, 3.63) is 34.8 Å². The summed E-state index contributed by atoms with van der Waals surface area (Å²) >= 11 is 0. The van der Waals surface area contributed by atoms with E-state index in [-0.39, 0.29) is 12.5 Å². The number of fused-ring (bicyclic) bond motifs is 1. The zero-order valence-corrected chi connectivity index (χ0v) is 9.18. The normalized spacial score (nSPS) is 15.1. The van der Waals surface area contributed by atoms with Crippen LogP contribution in [-0.4, -0.2) is 16.5 Å². The molecule has 1 aromatic carbocycles. The van der Waals surface area contributed by atoms with Crippen molar-refractivity contribution in [1.29, 1.82) is 0 Å².